The molecule has 9 heteroatoms. The molecule has 2 saturated heterocycles. The van der Waals surface area contributed by atoms with Crippen molar-refractivity contribution in [1.29, 1.82) is 0 Å². The van der Waals surface area contributed by atoms with Crippen molar-refractivity contribution in [3.63, 3.8) is 0 Å². The lowest BCUT2D eigenvalue weighted by molar-refractivity contribution is -0.137. The van der Waals surface area contributed by atoms with Gasteiger partial charge < -0.3 is 14.5 Å². The lowest BCUT2D eigenvalue weighted by Gasteiger charge is -2.39. The Hall–Kier alpha value is -2.29. The molecular weight excluding hydrogens is 450 g/mol. The SMILES string of the molecule is COc1cccc(N2CCN(C(=O)[C@H]3CCCN(S(=O)(=O)c4cccc(Cl)c4)C3)CC2)c1. The van der Waals surface area contributed by atoms with E-state index >= 15 is 0 Å². The summed E-state index contributed by atoms with van der Waals surface area (Å²) in [4.78, 5) is 17.5. The van der Waals surface area contributed by atoms with E-state index in [1.165, 1.54) is 10.4 Å². The highest BCUT2D eigenvalue weighted by Crippen LogP contribution is 2.27. The lowest BCUT2D eigenvalue weighted by Crippen LogP contribution is -2.53. The van der Waals surface area contributed by atoms with E-state index in [0.29, 0.717) is 37.5 Å². The van der Waals surface area contributed by atoms with Gasteiger partial charge >= 0.3 is 0 Å². The van der Waals surface area contributed by atoms with Crippen molar-refractivity contribution >= 4 is 33.2 Å². The third-order valence-corrected chi connectivity index (χ3v) is 8.27. The Morgan fingerprint density at radius 2 is 1.78 bits per heavy atom. The molecular formula is C23H28ClN3O4S. The highest BCUT2D eigenvalue weighted by Gasteiger charge is 2.36. The van der Waals surface area contributed by atoms with E-state index in [-0.39, 0.29) is 23.3 Å². The number of piperidine rings is 1. The molecule has 1 amide bonds. The number of methoxy groups -OCH3 is 1. The predicted octanol–water partition coefficient (Wildman–Crippen LogP) is 3.10. The van der Waals surface area contributed by atoms with E-state index in [1.54, 1.807) is 25.3 Å². The van der Waals surface area contributed by atoms with Gasteiger partial charge in [-0.2, -0.15) is 4.31 Å². The van der Waals surface area contributed by atoms with Gasteiger partial charge in [0.1, 0.15) is 5.75 Å². The van der Waals surface area contributed by atoms with Gasteiger partial charge in [-0.3, -0.25) is 4.79 Å². The number of hydrogen-bond donors (Lipinski definition) is 0. The van der Waals surface area contributed by atoms with Crippen LogP contribution in [0.3, 0.4) is 0 Å². The minimum absolute atomic E-state index is 0.0429. The van der Waals surface area contributed by atoms with E-state index in [0.717, 1.165) is 24.5 Å². The minimum atomic E-state index is -3.68. The molecule has 0 N–H and O–H groups in total. The number of sulfonamides is 1. The fourth-order valence-corrected chi connectivity index (χ4v) is 6.21. The molecule has 0 unspecified atom stereocenters. The van der Waals surface area contributed by atoms with Gasteiger partial charge in [0.15, 0.2) is 0 Å². The average molecular weight is 478 g/mol. The number of carbonyl (C=O) groups excluding carboxylic acids is 1. The van der Waals surface area contributed by atoms with E-state index < -0.39 is 10.0 Å². The zero-order valence-electron chi connectivity index (χ0n) is 18.1. The molecule has 2 heterocycles. The number of carbonyl (C=O) groups is 1. The van der Waals surface area contributed by atoms with Crippen LogP contribution < -0.4 is 9.64 Å². The Labute approximate surface area is 194 Å². The fourth-order valence-electron chi connectivity index (χ4n) is 4.39. The summed E-state index contributed by atoms with van der Waals surface area (Å²) in [5.74, 6) is 0.534. The Bertz CT molecular complexity index is 1070. The number of rotatable bonds is 5. The van der Waals surface area contributed by atoms with Gasteiger partial charge in [0.2, 0.25) is 15.9 Å². The molecule has 2 aromatic carbocycles. The van der Waals surface area contributed by atoms with Crippen LogP contribution in [0.5, 0.6) is 5.75 Å². The van der Waals surface area contributed by atoms with Crippen LogP contribution in [0.4, 0.5) is 5.69 Å². The van der Waals surface area contributed by atoms with Gasteiger partial charge in [-0.15, -0.1) is 0 Å². The standard InChI is InChI=1S/C23H28ClN3O4S/c1-31-21-8-3-7-20(16-21)25-11-13-26(14-12-25)23(28)18-5-4-10-27(17-18)32(29,30)22-9-2-6-19(24)15-22/h2-3,6-9,15-16,18H,4-5,10-14,17H2,1H3/t18-/m0/s1. The number of hydrogen-bond acceptors (Lipinski definition) is 5. The second-order valence-electron chi connectivity index (χ2n) is 8.17. The first kappa shape index (κ1) is 22.9. The van der Waals surface area contributed by atoms with Crippen molar-refractivity contribution in [2.24, 2.45) is 5.92 Å². The molecule has 2 aromatic rings. The maximum absolute atomic E-state index is 13.2. The summed E-state index contributed by atoms with van der Waals surface area (Å²) in [6.45, 7) is 3.33. The summed E-state index contributed by atoms with van der Waals surface area (Å²) in [5.41, 5.74) is 1.08. The maximum Gasteiger partial charge on any atom is 0.243 e. The molecule has 0 aliphatic carbocycles. The molecule has 7 nitrogen and oxygen atoms in total. The molecule has 2 aliphatic rings. The van der Waals surface area contributed by atoms with Crippen LogP contribution in [0.15, 0.2) is 53.4 Å². The Morgan fingerprint density at radius 1 is 1.03 bits per heavy atom. The van der Waals surface area contributed by atoms with E-state index in [9.17, 15) is 13.2 Å². The number of piperazine rings is 1. The number of benzene rings is 2. The summed E-state index contributed by atoms with van der Waals surface area (Å²) in [5, 5.41) is 0.379. The van der Waals surface area contributed by atoms with Crippen molar-refractivity contribution in [3.05, 3.63) is 53.6 Å². The van der Waals surface area contributed by atoms with Gasteiger partial charge in [0, 0.05) is 56.0 Å². The first-order valence-corrected chi connectivity index (χ1v) is 12.6. The van der Waals surface area contributed by atoms with Gasteiger partial charge in [0.25, 0.3) is 0 Å². The van der Waals surface area contributed by atoms with Gasteiger partial charge in [0.05, 0.1) is 17.9 Å². The van der Waals surface area contributed by atoms with Crippen LogP contribution in [0.2, 0.25) is 5.02 Å². The molecule has 0 aromatic heterocycles. The highest BCUT2D eigenvalue weighted by molar-refractivity contribution is 7.89. The first-order valence-electron chi connectivity index (χ1n) is 10.8. The highest BCUT2D eigenvalue weighted by atomic mass is 35.5. The van der Waals surface area contributed by atoms with Crippen molar-refractivity contribution in [1.82, 2.24) is 9.21 Å². The molecule has 0 spiro atoms. The topological polar surface area (TPSA) is 70.2 Å². The van der Waals surface area contributed by atoms with Crippen LogP contribution in [-0.2, 0) is 14.8 Å². The van der Waals surface area contributed by atoms with E-state index in [4.69, 9.17) is 16.3 Å². The largest absolute Gasteiger partial charge is 0.497 e. The summed E-state index contributed by atoms with van der Waals surface area (Å²) in [7, 11) is -2.03. The Morgan fingerprint density at radius 3 is 2.50 bits per heavy atom. The van der Waals surface area contributed by atoms with Crippen LogP contribution in [0.25, 0.3) is 0 Å². The molecule has 1 atom stereocenters. The monoisotopic (exact) mass is 477 g/mol. The van der Waals surface area contributed by atoms with Crippen LogP contribution in [0, 0.1) is 5.92 Å². The molecule has 2 aliphatic heterocycles. The third kappa shape index (κ3) is 4.87. The predicted molar refractivity (Wildman–Crippen MR) is 125 cm³/mol. The number of nitrogens with zero attached hydrogens (tertiary/aromatic N) is 3. The molecule has 0 bridgehead atoms. The van der Waals surface area contributed by atoms with E-state index in [2.05, 4.69) is 4.90 Å². The summed E-state index contributed by atoms with van der Waals surface area (Å²) in [6.07, 6.45) is 1.37. The minimum Gasteiger partial charge on any atom is -0.497 e. The maximum atomic E-state index is 13.2. The zero-order chi connectivity index (χ0) is 22.7. The van der Waals surface area contributed by atoms with Gasteiger partial charge in [-0.05, 0) is 43.2 Å². The molecule has 4 rings (SSSR count). The number of anilines is 1. The summed E-state index contributed by atoms with van der Waals surface area (Å²) < 4.78 is 32.9. The number of ether oxygens (including phenoxy) is 1. The number of halogens is 1. The first-order chi connectivity index (χ1) is 15.4. The van der Waals surface area contributed by atoms with Crippen LogP contribution >= 0.6 is 11.6 Å². The van der Waals surface area contributed by atoms with Gasteiger partial charge in [-0.25, -0.2) is 8.42 Å². The number of amides is 1. The third-order valence-electron chi connectivity index (χ3n) is 6.18. The molecule has 2 fully saturated rings. The van der Waals surface area contributed by atoms with Crippen LogP contribution in [0.1, 0.15) is 12.8 Å². The van der Waals surface area contributed by atoms with Crippen molar-refractivity contribution in [2.75, 3.05) is 51.3 Å². The van der Waals surface area contributed by atoms with E-state index in [1.807, 2.05) is 29.2 Å². The summed E-state index contributed by atoms with van der Waals surface area (Å²) in [6, 6.07) is 14.2. The van der Waals surface area contributed by atoms with Crippen molar-refractivity contribution < 1.29 is 17.9 Å². The molecule has 0 saturated carbocycles. The fraction of sp³-hybridized carbons (Fsp3) is 0.435. The zero-order valence-corrected chi connectivity index (χ0v) is 19.7. The molecule has 172 valence electrons. The normalized spacial score (nSPS) is 20.2. The smallest absolute Gasteiger partial charge is 0.243 e. The average Bonchev–Trinajstić information content (AvgIpc) is 2.84. The lowest BCUT2D eigenvalue weighted by atomic mass is 9.97. The van der Waals surface area contributed by atoms with Crippen LogP contribution in [-0.4, -0.2) is 69.9 Å². The quantitative estimate of drug-likeness (QED) is 0.661. The molecule has 32 heavy (non-hydrogen) atoms. The Kier molecular flexibility index (Phi) is 6.93. The van der Waals surface area contributed by atoms with Gasteiger partial charge in [-0.1, -0.05) is 23.7 Å². The Balaban J connectivity index is 1.38. The second-order valence-corrected chi connectivity index (χ2v) is 10.5. The summed E-state index contributed by atoms with van der Waals surface area (Å²) >= 11 is 5.99. The molecule has 0 radical (unpaired) electrons. The van der Waals surface area contributed by atoms with Crippen molar-refractivity contribution in [2.45, 2.75) is 17.7 Å². The van der Waals surface area contributed by atoms with Crippen molar-refractivity contribution in [3.8, 4) is 5.75 Å². The second kappa shape index (κ2) is 9.68.